The molecule has 6 atom stereocenters. The minimum absolute atomic E-state index is 0.0402. The summed E-state index contributed by atoms with van der Waals surface area (Å²) in [4.78, 5) is 63.1. The molecule has 7 rings (SSSR count). The van der Waals surface area contributed by atoms with Crippen LogP contribution in [0.1, 0.15) is 65.5 Å². The average molecular weight is 987 g/mol. The highest BCUT2D eigenvalue weighted by Crippen LogP contribution is 2.36. The quantitative estimate of drug-likeness (QED) is 0.0891. The van der Waals surface area contributed by atoms with Crippen LogP contribution in [-0.4, -0.2) is 143 Å². The van der Waals surface area contributed by atoms with Crippen LogP contribution in [0, 0.1) is 22.5 Å². The van der Waals surface area contributed by atoms with Crippen molar-refractivity contribution in [2.45, 2.75) is 110 Å². The number of fused-ring (bicyclic) bond motifs is 2. The summed E-state index contributed by atoms with van der Waals surface area (Å²) in [7, 11) is 4.00. The lowest BCUT2D eigenvalue weighted by molar-refractivity contribution is -0.132. The van der Waals surface area contributed by atoms with Crippen molar-refractivity contribution in [1.82, 2.24) is 46.0 Å². The van der Waals surface area contributed by atoms with Crippen molar-refractivity contribution in [3.63, 3.8) is 0 Å². The fourth-order valence-electron chi connectivity index (χ4n) is 9.58. The van der Waals surface area contributed by atoms with Gasteiger partial charge in [-0.3, -0.25) is 24.6 Å². The number of methoxy groups -OCH3 is 2. The zero-order valence-corrected chi connectivity index (χ0v) is 42.0. The molecule has 18 nitrogen and oxygen atoms in total. The van der Waals surface area contributed by atoms with Gasteiger partial charge in [-0.05, 0) is 71.6 Å². The van der Waals surface area contributed by atoms with Crippen molar-refractivity contribution in [2.24, 2.45) is 17.9 Å². The van der Waals surface area contributed by atoms with Gasteiger partial charge in [0.05, 0.1) is 51.3 Å². The third-order valence-corrected chi connectivity index (χ3v) is 13.5. The molecule has 4 amide bonds. The number of hydrogen-bond acceptors (Lipinski definition) is 13. The average Bonchev–Trinajstić information content (AvgIpc) is 3.84. The first-order chi connectivity index (χ1) is 33.6. The number of halogens is 2. The lowest BCUT2D eigenvalue weighted by atomic mass is 9.85. The van der Waals surface area contributed by atoms with E-state index in [2.05, 4.69) is 36.3 Å². The molecule has 2 aromatic carbocycles. The third kappa shape index (κ3) is 12.8. The molecule has 5 N–H and O–H groups in total. The van der Waals surface area contributed by atoms with Gasteiger partial charge in [-0.15, -0.1) is 0 Å². The van der Waals surface area contributed by atoms with Crippen molar-refractivity contribution in [3.05, 3.63) is 89.8 Å². The smallest absolute Gasteiger partial charge is 0.407 e. The number of piperazine rings is 1. The van der Waals surface area contributed by atoms with E-state index in [0.29, 0.717) is 29.4 Å². The molecule has 5 heterocycles. The molecule has 3 aliphatic heterocycles. The molecule has 0 spiro atoms. The predicted octanol–water partition coefficient (Wildman–Crippen LogP) is 4.94. The highest BCUT2D eigenvalue weighted by atomic mass is 19.1. The van der Waals surface area contributed by atoms with Gasteiger partial charge < -0.3 is 40.2 Å². The fraction of sp³-hybridized carbons (Fsp3) is 0.529. The topological polar surface area (TPSA) is 205 Å². The van der Waals surface area contributed by atoms with Crippen molar-refractivity contribution >= 4 is 29.8 Å². The Morgan fingerprint density at radius 1 is 0.803 bits per heavy atom. The number of aliphatic hydroxyl groups is 1. The predicted molar refractivity (Wildman–Crippen MR) is 261 cm³/mol. The van der Waals surface area contributed by atoms with Gasteiger partial charge in [0.15, 0.2) is 0 Å². The first kappa shape index (κ1) is 52.6. The molecule has 2 bridgehead atoms. The monoisotopic (exact) mass is 987 g/mol. The molecule has 0 aliphatic carbocycles. The van der Waals surface area contributed by atoms with Crippen LogP contribution in [0.3, 0.4) is 0 Å². The molecule has 2 unspecified atom stereocenters. The second-order valence-corrected chi connectivity index (χ2v) is 20.9. The van der Waals surface area contributed by atoms with Crippen molar-refractivity contribution < 1.29 is 47.3 Å². The highest BCUT2D eigenvalue weighted by Gasteiger charge is 2.45. The number of anilines is 1. The number of aromatic nitrogens is 3. The minimum Gasteiger partial charge on any atom is -0.453 e. The molecule has 2 aromatic heterocycles. The summed E-state index contributed by atoms with van der Waals surface area (Å²) in [5, 5.41) is 25.6. The molecule has 3 fully saturated rings. The van der Waals surface area contributed by atoms with Gasteiger partial charge in [0.25, 0.3) is 5.91 Å². The van der Waals surface area contributed by atoms with Crippen LogP contribution in [-0.2, 0) is 43.8 Å². The first-order valence-corrected chi connectivity index (χ1v) is 24.0. The van der Waals surface area contributed by atoms with Crippen molar-refractivity contribution in [2.75, 3.05) is 52.0 Å². The molecule has 0 saturated carbocycles. The van der Waals surface area contributed by atoms with E-state index in [0.717, 1.165) is 67.5 Å². The van der Waals surface area contributed by atoms with E-state index in [9.17, 15) is 24.3 Å². The Morgan fingerprint density at radius 2 is 1.38 bits per heavy atom. The van der Waals surface area contributed by atoms with Gasteiger partial charge in [0, 0.05) is 74.4 Å². The van der Waals surface area contributed by atoms with E-state index in [4.69, 9.17) is 19.2 Å². The summed E-state index contributed by atoms with van der Waals surface area (Å²) < 4.78 is 48.7. The van der Waals surface area contributed by atoms with E-state index < -0.39 is 89.3 Å². The minimum atomic E-state index is -1.53. The zero-order valence-electron chi connectivity index (χ0n) is 42.0. The molecule has 384 valence electrons. The number of amides is 4. The molecule has 71 heavy (non-hydrogen) atoms. The standard InChI is InChI=1S/C51H68F2N10O8/c1-50(2,3)44(56-48(67)69-8)46(65)55-41(20-30-10-12-31(13-11-30)32-14-17-43(54-23-32)61-24-34-15-16-35(25-61)63(34)36-28-71-29-36)42(64)27-62(59-47(66)45(51(4,5)6)57-49(68)70-9)26-37-38(52)21-33(22-39(37)53)40-18-19-60(7)58-40/h10-14,17-19,21-23,34-36,41-42,44-45,64H,15-16,20,24-29H2,1-9H3,(H,55,65)(H,56,67)(H,57,68)(H,59,66)/t34?,35?,41-,42-,44+,45+/m0/s1. The number of carbonyl (C=O) groups excluding carboxylic acids is 4. The van der Waals surface area contributed by atoms with Gasteiger partial charge in [0.1, 0.15) is 29.5 Å². The van der Waals surface area contributed by atoms with Crippen LogP contribution in [0.2, 0.25) is 0 Å². The van der Waals surface area contributed by atoms with Crippen LogP contribution in [0.25, 0.3) is 22.4 Å². The largest absolute Gasteiger partial charge is 0.453 e. The molecular formula is C51H68F2N10O8. The van der Waals surface area contributed by atoms with Gasteiger partial charge in [0.2, 0.25) is 5.91 Å². The SMILES string of the molecule is COC(=O)N[C@H](C(=O)N[C@@H](Cc1ccc(-c2ccc(N3CC4CCC(C3)N4C3COC3)nc2)cc1)[C@@H](O)CN(Cc1c(F)cc(-c2ccn(C)n2)cc1F)NC(=O)[C@@H](NC(=O)OC)C(C)(C)C)C(C)(C)C. The number of ether oxygens (including phenoxy) is 3. The van der Waals surface area contributed by atoms with Crippen LogP contribution in [0.5, 0.6) is 0 Å². The number of nitrogens with zero attached hydrogens (tertiary/aromatic N) is 6. The van der Waals surface area contributed by atoms with Crippen LogP contribution >= 0.6 is 0 Å². The Balaban J connectivity index is 1.14. The van der Waals surface area contributed by atoms with E-state index in [-0.39, 0.29) is 12.0 Å². The number of nitrogens with one attached hydrogen (secondary N) is 4. The fourth-order valence-corrected chi connectivity index (χ4v) is 9.58. The number of aliphatic hydroxyl groups excluding tert-OH is 1. The summed E-state index contributed by atoms with van der Waals surface area (Å²) in [6.45, 7) is 12.8. The van der Waals surface area contributed by atoms with Gasteiger partial charge in [-0.2, -0.15) is 5.10 Å². The Kier molecular flexibility index (Phi) is 16.3. The summed E-state index contributed by atoms with van der Waals surface area (Å²) >= 11 is 0. The van der Waals surface area contributed by atoms with Crippen LogP contribution < -0.4 is 26.3 Å². The highest BCUT2D eigenvalue weighted by molar-refractivity contribution is 5.87. The van der Waals surface area contributed by atoms with E-state index in [1.807, 2.05) is 42.6 Å². The number of hydrogen-bond donors (Lipinski definition) is 5. The third-order valence-electron chi connectivity index (χ3n) is 13.5. The number of carbonyl (C=O) groups is 4. The maximum atomic E-state index is 16.0. The summed E-state index contributed by atoms with van der Waals surface area (Å²) in [6.07, 6.45) is 2.63. The lowest BCUT2D eigenvalue weighted by Gasteiger charge is -2.48. The number of benzene rings is 2. The summed E-state index contributed by atoms with van der Waals surface area (Å²) in [5.41, 5.74) is 3.52. The number of hydrazine groups is 1. The van der Waals surface area contributed by atoms with Crippen LogP contribution in [0.4, 0.5) is 24.2 Å². The molecule has 4 aromatic rings. The van der Waals surface area contributed by atoms with Gasteiger partial charge in [-0.1, -0.05) is 65.8 Å². The number of alkyl carbamates (subject to hydrolysis) is 2. The van der Waals surface area contributed by atoms with Crippen molar-refractivity contribution in [3.8, 4) is 22.4 Å². The van der Waals surface area contributed by atoms with Gasteiger partial charge >= 0.3 is 12.2 Å². The van der Waals surface area contributed by atoms with E-state index in [1.165, 1.54) is 24.6 Å². The van der Waals surface area contributed by atoms with Crippen molar-refractivity contribution in [1.29, 1.82) is 0 Å². The Bertz CT molecular complexity index is 2470. The summed E-state index contributed by atoms with van der Waals surface area (Å²) in [6, 6.07) is 13.6. The first-order valence-electron chi connectivity index (χ1n) is 24.0. The molecule has 3 saturated heterocycles. The maximum absolute atomic E-state index is 16.0. The molecule has 0 radical (unpaired) electrons. The second-order valence-electron chi connectivity index (χ2n) is 20.9. The van der Waals surface area contributed by atoms with E-state index >= 15 is 8.78 Å². The molecule has 20 heteroatoms. The normalized spacial score (nSPS) is 19.0. The van der Waals surface area contributed by atoms with E-state index in [1.54, 1.807) is 60.9 Å². The number of rotatable bonds is 17. The molecular weight excluding hydrogens is 919 g/mol. The van der Waals surface area contributed by atoms with Crippen LogP contribution in [0.15, 0.2) is 67.0 Å². The number of aryl methyl sites for hydroxylation is 1. The number of pyridine rings is 1. The lowest BCUT2D eigenvalue weighted by Crippen LogP contribution is -2.62. The maximum Gasteiger partial charge on any atom is 0.407 e. The van der Waals surface area contributed by atoms with Gasteiger partial charge in [-0.25, -0.2) is 28.4 Å². The Labute approximate surface area is 413 Å². The Hall–Kier alpha value is -6.22. The second kappa shape index (κ2) is 22.0. The zero-order chi connectivity index (χ0) is 51.4. The molecule has 3 aliphatic rings. The Morgan fingerprint density at radius 3 is 1.87 bits per heavy atom. The summed E-state index contributed by atoms with van der Waals surface area (Å²) in [5.74, 6) is -2.37.